The van der Waals surface area contributed by atoms with Crippen LogP contribution in [-0.2, 0) is 34.5 Å². The monoisotopic (exact) mass is 768 g/mol. The normalized spacial score (nSPS) is 19.8. The first-order chi connectivity index (χ1) is 33.2. The summed E-state index contributed by atoms with van der Waals surface area (Å²) >= 11 is 0.148. The fourth-order valence-corrected chi connectivity index (χ4v) is 6.21. The van der Waals surface area contributed by atoms with E-state index in [4.69, 9.17) is 28.0 Å². The predicted octanol–water partition coefficient (Wildman–Crippen LogP) is 8.71. The Hall–Kier alpha value is -4.52. The number of nitrogens with zero attached hydrogens (tertiary/aromatic N) is 3. The zero-order valence-corrected chi connectivity index (χ0v) is 28.7. The van der Waals surface area contributed by atoms with Gasteiger partial charge >= 0.3 is 6.18 Å². The van der Waals surface area contributed by atoms with Crippen LogP contribution in [0.5, 0.6) is 0 Å². The number of carbonyl (C=O) groups excluding carboxylic acids is 1. The molecule has 12 heteroatoms. The van der Waals surface area contributed by atoms with Crippen molar-refractivity contribution in [3.63, 3.8) is 0 Å². The van der Waals surface area contributed by atoms with Crippen LogP contribution in [0.3, 0.4) is 0 Å². The molecule has 1 aromatic heterocycles. The van der Waals surface area contributed by atoms with Gasteiger partial charge in [-0.25, -0.2) is 8.78 Å². The number of rotatable bonds is 12. The third kappa shape index (κ3) is 9.17. The third-order valence-corrected chi connectivity index (χ3v) is 8.95. The van der Waals surface area contributed by atoms with Gasteiger partial charge in [-0.3, -0.25) is 9.59 Å². The Labute approximate surface area is 335 Å². The first kappa shape index (κ1) is 20.8. The predicted molar refractivity (Wildman–Crippen MR) is 198 cm³/mol. The van der Waals surface area contributed by atoms with E-state index < -0.39 is 201 Å². The summed E-state index contributed by atoms with van der Waals surface area (Å²) in [5.74, 6) is -6.32. The van der Waals surface area contributed by atoms with Gasteiger partial charge in [-0.1, -0.05) is 59.9 Å². The summed E-state index contributed by atoms with van der Waals surface area (Å²) < 4.78 is 241. The van der Waals surface area contributed by atoms with Crippen molar-refractivity contribution in [3.8, 4) is 11.1 Å². The summed E-state index contributed by atoms with van der Waals surface area (Å²) in [4.78, 5) is 31.4. The van der Waals surface area contributed by atoms with Crippen molar-refractivity contribution in [1.82, 2.24) is 14.4 Å². The van der Waals surface area contributed by atoms with Gasteiger partial charge in [0.25, 0.3) is 0 Å². The lowest BCUT2D eigenvalue weighted by Gasteiger charge is -2.39. The molecule has 1 amide bonds. The van der Waals surface area contributed by atoms with Gasteiger partial charge in [0.2, 0.25) is 5.91 Å². The number of thioether (sulfide) groups is 1. The molecule has 0 radical (unpaired) electrons. The topological polar surface area (TPSA) is 54.8 Å². The van der Waals surface area contributed by atoms with Crippen LogP contribution < -0.4 is 5.43 Å². The molecule has 0 aliphatic carbocycles. The summed E-state index contributed by atoms with van der Waals surface area (Å²) in [5, 5.41) is -1.76. The van der Waals surface area contributed by atoms with E-state index in [1.54, 1.807) is 0 Å². The van der Waals surface area contributed by atoms with Gasteiger partial charge < -0.3 is 19.1 Å². The van der Waals surface area contributed by atoms with Crippen LogP contribution in [0.1, 0.15) is 61.1 Å². The molecular weight excluding hydrogens is 710 g/mol. The lowest BCUT2D eigenvalue weighted by atomic mass is 10.00. The number of alkyl halides is 3. The largest absolute Gasteiger partial charge is 0.416 e. The first-order valence-corrected chi connectivity index (χ1v) is 16.7. The van der Waals surface area contributed by atoms with Gasteiger partial charge in [0.1, 0.15) is 6.50 Å². The zero-order chi connectivity index (χ0) is 54.3. The van der Waals surface area contributed by atoms with Crippen molar-refractivity contribution in [2.45, 2.75) is 55.8 Å². The molecule has 1 aliphatic heterocycles. The number of hydrogen-bond acceptors (Lipinski definition) is 5. The number of aromatic nitrogens is 1. The fraction of sp³-hybridized carbons (Fsp3) is 0.317. The summed E-state index contributed by atoms with van der Waals surface area (Å²) in [5.41, 5.74) is -8.14. The minimum Gasteiger partial charge on any atom is -0.383 e. The third-order valence-electron chi connectivity index (χ3n) is 7.96. The SMILES string of the molecule is [2H]c1c([2H])c(F)c(F)c(CSc2c([2H])c(=O)c3c([2H])c(C)c([2H])c([2H])c3n2C([2H])([2H])C(=O)N(Cc2c([2H])c([2H])c(-c3c([2H])c([2H])c(C(F)(F)F)c([2H])c3[2H])c([2H])c2[2H])C2CCN(C([2H])([2H])COC)CC2)c1[2H]. The highest BCUT2D eigenvalue weighted by Gasteiger charge is 2.31. The molecule has 53 heavy (non-hydrogen) atoms. The number of halogens is 5. The van der Waals surface area contributed by atoms with Gasteiger partial charge in [-0.05, 0) is 66.7 Å². The average Bonchev–Trinajstić information content (AvgIpc) is 3.31. The second kappa shape index (κ2) is 16.7. The molecule has 5 aromatic rings. The molecule has 1 aliphatic rings. The Morgan fingerprint density at radius 2 is 1.66 bits per heavy atom. The van der Waals surface area contributed by atoms with Crippen LogP contribution in [0.2, 0.25) is 0 Å². The minimum atomic E-state index is -5.39. The lowest BCUT2D eigenvalue weighted by Crippen LogP contribution is -2.48. The molecule has 0 atom stereocenters. The van der Waals surface area contributed by atoms with Crippen LogP contribution in [0.4, 0.5) is 22.0 Å². The molecule has 0 saturated carbocycles. The Morgan fingerprint density at radius 1 is 0.981 bits per heavy atom. The Bertz CT molecular complexity index is 3070. The minimum absolute atomic E-state index is 0.148. The van der Waals surface area contributed by atoms with Gasteiger partial charge in [0.15, 0.2) is 17.1 Å². The number of likely N-dealkylation sites (tertiary alicyclic amines) is 1. The molecular formula is C41H40F5N3O3S. The molecule has 278 valence electrons. The van der Waals surface area contributed by atoms with E-state index in [0.717, 1.165) is 0 Å². The van der Waals surface area contributed by atoms with Crippen LogP contribution in [0.25, 0.3) is 22.0 Å². The van der Waals surface area contributed by atoms with Crippen molar-refractivity contribution in [1.29, 1.82) is 0 Å². The maximum atomic E-state index is 15.4. The maximum absolute atomic E-state index is 15.4. The number of amides is 1. The molecule has 0 bridgehead atoms. The standard InChI is InChI=1S/C41H40F5N3O3S/c1-27-6-15-36-34(22-27)37(50)23-39(53-26-31-4-3-5-35(42)40(31)43)49(36)25-38(51)48(33-16-18-47(19-17-33)20-21-52-2)24-28-7-9-29(10-8-28)30-11-13-32(14-12-30)41(44,45)46/h3-15,22-23,33H,16-21,24-26H2,1-2H3/i3D,4D,5D,6D,7D,8D,9D,10D,11D,12D,13D,14D,15D,20D2,22D,23D,25D2. The van der Waals surface area contributed by atoms with Crippen LogP contribution >= 0.6 is 11.8 Å². The molecule has 0 unspecified atom stereocenters. The zero-order valence-electron chi connectivity index (χ0n) is 46.9. The number of piperidine rings is 1. The molecule has 2 heterocycles. The van der Waals surface area contributed by atoms with Crippen molar-refractivity contribution in [3.05, 3.63) is 135 Å². The summed E-state index contributed by atoms with van der Waals surface area (Å²) in [6, 6.07) is -18.6. The number of ether oxygens (including phenoxy) is 1. The maximum Gasteiger partial charge on any atom is 0.416 e. The van der Waals surface area contributed by atoms with E-state index in [1.165, 1.54) is 18.9 Å². The summed E-state index contributed by atoms with van der Waals surface area (Å²) in [6.45, 7) is -6.52. The van der Waals surface area contributed by atoms with Crippen molar-refractivity contribution in [2.75, 3.05) is 33.3 Å². The van der Waals surface area contributed by atoms with Crippen molar-refractivity contribution in [2.24, 2.45) is 0 Å². The van der Waals surface area contributed by atoms with E-state index in [0.29, 0.717) is 9.47 Å². The Kier molecular flexibility index (Phi) is 6.54. The highest BCUT2D eigenvalue weighted by Crippen LogP contribution is 2.32. The van der Waals surface area contributed by atoms with E-state index in [9.17, 15) is 25.1 Å². The summed E-state index contributed by atoms with van der Waals surface area (Å²) in [6.07, 6.45) is -5.82. The van der Waals surface area contributed by atoms with Crippen LogP contribution in [-0.4, -0.2) is 59.6 Å². The number of hydrogen-bond donors (Lipinski definition) is 0. The van der Waals surface area contributed by atoms with Crippen LogP contribution in [0.15, 0.2) is 100 Å². The Balaban J connectivity index is 1.61. The van der Waals surface area contributed by atoms with E-state index >= 15 is 9.18 Å². The number of pyridine rings is 1. The first-order valence-electron chi connectivity index (χ1n) is 25.2. The molecule has 1 fully saturated rings. The fourth-order valence-electron chi connectivity index (χ4n) is 5.30. The number of carbonyl (C=O) groups is 1. The van der Waals surface area contributed by atoms with E-state index in [2.05, 4.69) is 0 Å². The lowest BCUT2D eigenvalue weighted by molar-refractivity contribution is -0.137. The van der Waals surface area contributed by atoms with Crippen LogP contribution in [0, 0.1) is 18.6 Å². The average molecular weight is 769 g/mol. The van der Waals surface area contributed by atoms with Gasteiger partial charge in [0.05, 0.1) is 46.0 Å². The molecule has 6 rings (SSSR count). The second-order valence-electron chi connectivity index (χ2n) is 11.5. The van der Waals surface area contributed by atoms with Gasteiger partial charge in [-0.15, -0.1) is 11.8 Å². The van der Waals surface area contributed by atoms with E-state index in [1.807, 2.05) is 0 Å². The highest BCUT2D eigenvalue weighted by molar-refractivity contribution is 7.98. The van der Waals surface area contributed by atoms with Crippen molar-refractivity contribution >= 4 is 28.6 Å². The Morgan fingerprint density at radius 3 is 2.32 bits per heavy atom. The van der Waals surface area contributed by atoms with Crippen molar-refractivity contribution < 1.29 is 57.5 Å². The number of benzene rings is 4. The smallest absolute Gasteiger partial charge is 0.383 e. The molecule has 0 spiro atoms. The molecule has 1 saturated heterocycles. The summed E-state index contributed by atoms with van der Waals surface area (Å²) in [7, 11) is 1.24. The highest BCUT2D eigenvalue weighted by atomic mass is 32.2. The number of fused-ring (bicyclic) bond motifs is 1. The molecule has 4 aromatic carbocycles. The number of methoxy groups -OCH3 is 1. The molecule has 6 nitrogen and oxygen atoms in total. The van der Waals surface area contributed by atoms with Gasteiger partial charge in [0, 0.05) is 64.8 Å². The van der Waals surface area contributed by atoms with Gasteiger partial charge in [-0.2, -0.15) is 13.2 Å². The molecule has 0 N–H and O–H groups in total. The second-order valence-corrected chi connectivity index (χ2v) is 12.5. The van der Waals surface area contributed by atoms with E-state index in [-0.39, 0.29) is 43.3 Å². The quantitative estimate of drug-likeness (QED) is 0.0940.